The Morgan fingerprint density at radius 2 is 0.662 bits per heavy atom. The Bertz CT molecular complexity index is 1250. The summed E-state index contributed by atoms with van der Waals surface area (Å²) in [5.41, 5.74) is 0. The Labute approximate surface area is 422 Å². The summed E-state index contributed by atoms with van der Waals surface area (Å²) in [5, 5.41) is 0. The van der Waals surface area contributed by atoms with Gasteiger partial charge in [0, 0.05) is 12.8 Å². The SMILES string of the molecule is CC/C=C\C/C=C\C/C=C\C/C=C\C/C=C\CCOCC(COC(=O)CCCCCCCCCCCCCCCCCCCCC)OC(=O)CCCCCCCCC/C=C\C/C=C\CCCCC. The zero-order chi connectivity index (χ0) is 49.2. The van der Waals surface area contributed by atoms with Crippen LogP contribution in [0.25, 0.3) is 0 Å². The fourth-order valence-electron chi connectivity index (χ4n) is 8.14. The second-order valence-corrected chi connectivity index (χ2v) is 19.2. The van der Waals surface area contributed by atoms with E-state index in [1.54, 1.807) is 0 Å². The van der Waals surface area contributed by atoms with Gasteiger partial charge in [0.25, 0.3) is 0 Å². The minimum atomic E-state index is -0.583. The van der Waals surface area contributed by atoms with Crippen LogP contribution in [0.5, 0.6) is 0 Å². The third-order valence-electron chi connectivity index (χ3n) is 12.4. The summed E-state index contributed by atoms with van der Waals surface area (Å²) in [5.74, 6) is -0.438. The van der Waals surface area contributed by atoms with Gasteiger partial charge in [-0.2, -0.15) is 0 Å². The van der Waals surface area contributed by atoms with Gasteiger partial charge in [0.2, 0.25) is 0 Å². The van der Waals surface area contributed by atoms with E-state index in [0.29, 0.717) is 19.4 Å². The molecule has 0 aliphatic heterocycles. The summed E-state index contributed by atoms with van der Waals surface area (Å²) < 4.78 is 17.4. The van der Waals surface area contributed by atoms with Crippen LogP contribution in [-0.2, 0) is 23.8 Å². The number of esters is 2. The number of carbonyl (C=O) groups is 2. The van der Waals surface area contributed by atoms with Crippen LogP contribution in [-0.4, -0.2) is 37.9 Å². The van der Waals surface area contributed by atoms with E-state index < -0.39 is 6.10 Å². The smallest absolute Gasteiger partial charge is 0.306 e. The minimum Gasteiger partial charge on any atom is -0.462 e. The van der Waals surface area contributed by atoms with E-state index in [1.165, 1.54) is 167 Å². The number of carbonyl (C=O) groups excluding carboxylic acids is 2. The van der Waals surface area contributed by atoms with Crippen LogP contribution in [0.4, 0.5) is 0 Å². The lowest BCUT2D eigenvalue weighted by Crippen LogP contribution is -2.30. The van der Waals surface area contributed by atoms with Gasteiger partial charge in [0.15, 0.2) is 6.10 Å². The van der Waals surface area contributed by atoms with Crippen molar-refractivity contribution < 1.29 is 23.8 Å². The van der Waals surface area contributed by atoms with Crippen LogP contribution in [0.15, 0.2) is 85.1 Å². The topological polar surface area (TPSA) is 61.8 Å². The number of hydrogen-bond donors (Lipinski definition) is 0. The Hall–Kier alpha value is -2.92. The molecule has 0 rings (SSSR count). The highest BCUT2D eigenvalue weighted by atomic mass is 16.6. The molecule has 1 atom stereocenters. The molecule has 0 amide bonds. The van der Waals surface area contributed by atoms with Gasteiger partial charge in [-0.3, -0.25) is 9.59 Å². The molecule has 5 nitrogen and oxygen atoms in total. The van der Waals surface area contributed by atoms with Crippen molar-refractivity contribution in [1.82, 2.24) is 0 Å². The molecule has 0 bridgehead atoms. The molecule has 0 N–H and O–H groups in total. The molecule has 0 aromatic heterocycles. The van der Waals surface area contributed by atoms with E-state index >= 15 is 0 Å². The monoisotopic (exact) mass is 947 g/mol. The number of rotatable bonds is 53. The molecule has 0 spiro atoms. The van der Waals surface area contributed by atoms with Crippen molar-refractivity contribution in [2.75, 3.05) is 19.8 Å². The molecule has 1 unspecified atom stereocenters. The maximum Gasteiger partial charge on any atom is 0.306 e. The zero-order valence-electron chi connectivity index (χ0n) is 45.1. The predicted octanol–water partition coefficient (Wildman–Crippen LogP) is 20.0. The van der Waals surface area contributed by atoms with Crippen molar-refractivity contribution in [3.8, 4) is 0 Å². The zero-order valence-corrected chi connectivity index (χ0v) is 45.1. The van der Waals surface area contributed by atoms with Crippen molar-refractivity contribution in [3.05, 3.63) is 85.1 Å². The first kappa shape index (κ1) is 65.1. The largest absolute Gasteiger partial charge is 0.462 e. The molecule has 0 fully saturated rings. The number of hydrogen-bond acceptors (Lipinski definition) is 5. The van der Waals surface area contributed by atoms with Crippen LogP contribution in [0.1, 0.15) is 278 Å². The minimum absolute atomic E-state index is 0.0519. The first-order valence-corrected chi connectivity index (χ1v) is 29.1. The van der Waals surface area contributed by atoms with Crippen molar-refractivity contribution in [2.45, 2.75) is 284 Å². The molecular weight excluding hydrogens is 837 g/mol. The number of unbranched alkanes of at least 4 members (excludes halogenated alkanes) is 28. The first-order chi connectivity index (χ1) is 33.6. The van der Waals surface area contributed by atoms with Gasteiger partial charge in [-0.05, 0) is 83.5 Å². The van der Waals surface area contributed by atoms with E-state index in [9.17, 15) is 9.59 Å². The molecular formula is C63H110O5. The Kier molecular flexibility index (Phi) is 55.9. The number of ether oxygens (including phenoxy) is 3. The highest BCUT2D eigenvalue weighted by molar-refractivity contribution is 5.70. The molecule has 0 radical (unpaired) electrons. The molecule has 68 heavy (non-hydrogen) atoms. The highest BCUT2D eigenvalue weighted by Gasteiger charge is 2.17. The van der Waals surface area contributed by atoms with E-state index in [-0.39, 0.29) is 25.2 Å². The molecule has 0 heterocycles. The van der Waals surface area contributed by atoms with Gasteiger partial charge in [-0.1, -0.05) is 266 Å². The first-order valence-electron chi connectivity index (χ1n) is 29.1. The van der Waals surface area contributed by atoms with Gasteiger partial charge in [0.05, 0.1) is 13.2 Å². The van der Waals surface area contributed by atoms with Crippen LogP contribution >= 0.6 is 0 Å². The summed E-state index contributed by atoms with van der Waals surface area (Å²) in [7, 11) is 0. The molecule has 0 saturated heterocycles. The van der Waals surface area contributed by atoms with Crippen LogP contribution in [0, 0.1) is 0 Å². The lowest BCUT2D eigenvalue weighted by atomic mass is 10.0. The Morgan fingerprint density at radius 3 is 1.09 bits per heavy atom. The van der Waals surface area contributed by atoms with Gasteiger partial charge < -0.3 is 14.2 Å². The highest BCUT2D eigenvalue weighted by Crippen LogP contribution is 2.16. The summed E-state index contributed by atoms with van der Waals surface area (Å²) in [6, 6.07) is 0. The average molecular weight is 948 g/mol. The predicted molar refractivity (Wildman–Crippen MR) is 297 cm³/mol. The van der Waals surface area contributed by atoms with Crippen molar-refractivity contribution in [3.63, 3.8) is 0 Å². The van der Waals surface area contributed by atoms with E-state index in [0.717, 1.165) is 77.0 Å². The maximum absolute atomic E-state index is 12.9. The summed E-state index contributed by atoms with van der Waals surface area (Å²) in [6.45, 7) is 7.51. The summed E-state index contributed by atoms with van der Waals surface area (Å²) in [4.78, 5) is 25.5. The van der Waals surface area contributed by atoms with Crippen LogP contribution in [0.3, 0.4) is 0 Å². The lowest BCUT2D eigenvalue weighted by molar-refractivity contribution is -0.162. The van der Waals surface area contributed by atoms with E-state index in [4.69, 9.17) is 14.2 Å². The fraction of sp³-hybridized carbons (Fsp3) is 0.746. The molecule has 0 saturated carbocycles. The van der Waals surface area contributed by atoms with Gasteiger partial charge in [-0.25, -0.2) is 0 Å². The second-order valence-electron chi connectivity index (χ2n) is 19.2. The molecule has 0 aliphatic carbocycles. The van der Waals surface area contributed by atoms with Gasteiger partial charge in [0.1, 0.15) is 6.61 Å². The molecule has 0 aromatic rings. The van der Waals surface area contributed by atoms with Crippen molar-refractivity contribution in [1.29, 1.82) is 0 Å². The van der Waals surface area contributed by atoms with Crippen molar-refractivity contribution in [2.24, 2.45) is 0 Å². The van der Waals surface area contributed by atoms with Crippen LogP contribution < -0.4 is 0 Å². The normalized spacial score (nSPS) is 12.8. The number of allylic oxidation sites excluding steroid dienone is 13. The maximum atomic E-state index is 12.9. The lowest BCUT2D eigenvalue weighted by Gasteiger charge is -2.18. The van der Waals surface area contributed by atoms with E-state index in [1.807, 2.05) is 0 Å². The summed E-state index contributed by atoms with van der Waals surface area (Å²) in [6.07, 6.45) is 77.7. The standard InChI is InChI=1S/C63H110O5/c1-4-7-10-13-16-19-22-25-28-31-32-34-35-38-41-44-47-50-53-56-62(64)67-60-61(59-66-58-55-52-49-46-43-40-37-30-27-24-21-18-15-12-9-6-3)68-63(65)57-54-51-48-45-42-39-36-33-29-26-23-20-17-14-11-8-5-2/h9,12,17-18,20-21,26-27,29-30,40,43,49,52,61H,4-8,10-11,13-16,19,22-25,28,31-39,41-42,44-48,50-51,53-60H2,1-3H3/b12-9-,20-17-,21-18-,29-26-,30-27-,43-40-,52-49-. The fourth-order valence-corrected chi connectivity index (χ4v) is 8.14. The quantitative estimate of drug-likeness (QED) is 0.0345. The molecule has 392 valence electrons. The summed E-state index contributed by atoms with van der Waals surface area (Å²) >= 11 is 0. The second kappa shape index (κ2) is 58.4. The molecule has 5 heteroatoms. The Morgan fingerprint density at radius 1 is 0.338 bits per heavy atom. The third kappa shape index (κ3) is 55.7. The van der Waals surface area contributed by atoms with Crippen LogP contribution in [0.2, 0.25) is 0 Å². The Balaban J connectivity index is 4.35. The third-order valence-corrected chi connectivity index (χ3v) is 12.4. The molecule has 0 aliphatic rings. The molecule has 0 aromatic carbocycles. The van der Waals surface area contributed by atoms with E-state index in [2.05, 4.69) is 106 Å². The van der Waals surface area contributed by atoms with Gasteiger partial charge >= 0.3 is 11.9 Å². The average Bonchev–Trinajstić information content (AvgIpc) is 3.34. The van der Waals surface area contributed by atoms with Crippen molar-refractivity contribution >= 4 is 11.9 Å². The van der Waals surface area contributed by atoms with Gasteiger partial charge in [-0.15, -0.1) is 0 Å².